The third-order valence-corrected chi connectivity index (χ3v) is 4.26. The first-order chi connectivity index (χ1) is 7.35. The predicted molar refractivity (Wildman–Crippen MR) is 56.9 cm³/mol. The second-order valence-electron chi connectivity index (χ2n) is 3.47. The summed E-state index contributed by atoms with van der Waals surface area (Å²) in [5.74, 6) is -0.154. The molecular formula is C9H10N2O4S. The second kappa shape index (κ2) is 3.11. The zero-order valence-corrected chi connectivity index (χ0v) is 9.52. The third-order valence-electron chi connectivity index (χ3n) is 2.50. The minimum Gasteiger partial charge on any atom is -0.508 e. The van der Waals surface area contributed by atoms with E-state index in [1.54, 1.807) is 0 Å². The molecule has 1 heterocycles. The van der Waals surface area contributed by atoms with Crippen LogP contribution in [0, 0.1) is 0 Å². The number of hydrogen-bond donors (Lipinski definition) is 1. The van der Waals surface area contributed by atoms with Crippen molar-refractivity contribution < 1.29 is 18.3 Å². The van der Waals surface area contributed by atoms with E-state index in [1.165, 1.54) is 31.1 Å². The molecule has 86 valence electrons. The number of aromatic hydroxyl groups is 1. The van der Waals surface area contributed by atoms with Crippen LogP contribution in [0.25, 0.3) is 0 Å². The van der Waals surface area contributed by atoms with Crippen LogP contribution in [0.5, 0.6) is 5.75 Å². The molecule has 0 unspecified atom stereocenters. The number of hydrogen-bond acceptors (Lipinski definition) is 4. The van der Waals surface area contributed by atoms with Crippen molar-refractivity contribution in [3.05, 3.63) is 18.2 Å². The van der Waals surface area contributed by atoms with Crippen LogP contribution < -0.4 is 4.90 Å². The number of rotatable bonds is 0. The Morgan fingerprint density at radius 3 is 2.50 bits per heavy atom. The molecular weight excluding hydrogens is 232 g/mol. The zero-order valence-electron chi connectivity index (χ0n) is 8.71. The Morgan fingerprint density at radius 2 is 1.88 bits per heavy atom. The second-order valence-corrected chi connectivity index (χ2v) is 5.40. The molecule has 6 nitrogen and oxygen atoms in total. The van der Waals surface area contributed by atoms with Gasteiger partial charge in [0.2, 0.25) is 0 Å². The van der Waals surface area contributed by atoms with Crippen molar-refractivity contribution in [2.45, 2.75) is 4.90 Å². The molecule has 0 bridgehead atoms. The van der Waals surface area contributed by atoms with Gasteiger partial charge in [-0.05, 0) is 12.1 Å². The molecule has 0 aliphatic carbocycles. The van der Waals surface area contributed by atoms with Crippen molar-refractivity contribution in [2.75, 3.05) is 19.0 Å². The van der Waals surface area contributed by atoms with Gasteiger partial charge in [-0.2, -0.15) is 0 Å². The predicted octanol–water partition coefficient (Wildman–Crippen LogP) is 0.583. The number of nitrogens with zero attached hydrogens (tertiary/aromatic N) is 2. The van der Waals surface area contributed by atoms with Crippen molar-refractivity contribution in [1.29, 1.82) is 0 Å². The molecule has 1 aliphatic rings. The maximum atomic E-state index is 11.9. The maximum absolute atomic E-state index is 11.9. The number of amides is 2. The molecule has 1 aromatic carbocycles. The van der Waals surface area contributed by atoms with Gasteiger partial charge < -0.3 is 5.11 Å². The maximum Gasteiger partial charge on any atom is 0.337 e. The summed E-state index contributed by atoms with van der Waals surface area (Å²) in [6, 6.07) is 3.24. The molecule has 0 atom stereocenters. The fraction of sp³-hybridized carbons (Fsp3) is 0.222. The lowest BCUT2D eigenvalue weighted by atomic mass is 10.3. The highest BCUT2D eigenvalue weighted by Gasteiger charge is 2.37. The Balaban J connectivity index is 2.79. The molecule has 0 saturated carbocycles. The Hall–Kier alpha value is -1.76. The highest BCUT2D eigenvalue weighted by Crippen LogP contribution is 2.34. The number of anilines is 1. The molecule has 0 fully saturated rings. The van der Waals surface area contributed by atoms with Crippen LogP contribution in [0.1, 0.15) is 0 Å². The first-order valence-electron chi connectivity index (χ1n) is 4.45. The highest BCUT2D eigenvalue weighted by molar-refractivity contribution is 7.90. The number of sulfonamides is 1. The Bertz CT molecular complexity index is 567. The first-order valence-corrected chi connectivity index (χ1v) is 5.89. The topological polar surface area (TPSA) is 77.9 Å². The average molecular weight is 242 g/mol. The minimum atomic E-state index is -3.84. The van der Waals surface area contributed by atoms with Crippen LogP contribution in [0.15, 0.2) is 23.1 Å². The van der Waals surface area contributed by atoms with E-state index in [0.29, 0.717) is 4.31 Å². The van der Waals surface area contributed by atoms with Crippen molar-refractivity contribution in [1.82, 2.24) is 4.31 Å². The normalized spacial score (nSPS) is 18.5. The number of phenolic OH excluding ortho intramolecular Hbond substituents is 1. The molecule has 1 N–H and O–H groups in total. The van der Waals surface area contributed by atoms with Crippen LogP contribution in [0.2, 0.25) is 0 Å². The summed E-state index contributed by atoms with van der Waals surface area (Å²) >= 11 is 0. The SMILES string of the molecule is CN1C(=O)N(C)S(=O)(=O)c2cc(O)ccc21. The zero-order chi connectivity index (χ0) is 12.1. The lowest BCUT2D eigenvalue weighted by molar-refractivity contribution is 0.234. The van der Waals surface area contributed by atoms with Gasteiger partial charge in [0.25, 0.3) is 10.0 Å². The van der Waals surface area contributed by atoms with Gasteiger partial charge in [-0.1, -0.05) is 0 Å². The van der Waals surface area contributed by atoms with Gasteiger partial charge in [-0.25, -0.2) is 17.5 Å². The highest BCUT2D eigenvalue weighted by atomic mass is 32.2. The third kappa shape index (κ3) is 1.25. The fourth-order valence-electron chi connectivity index (χ4n) is 1.55. The smallest absolute Gasteiger partial charge is 0.337 e. The number of carbonyl (C=O) groups is 1. The van der Waals surface area contributed by atoms with Crippen molar-refractivity contribution >= 4 is 21.7 Å². The summed E-state index contributed by atoms with van der Waals surface area (Å²) in [7, 11) is -1.19. The van der Waals surface area contributed by atoms with Crippen LogP contribution in [-0.4, -0.2) is 38.0 Å². The number of urea groups is 1. The first kappa shape index (κ1) is 10.7. The van der Waals surface area contributed by atoms with E-state index in [0.717, 1.165) is 6.07 Å². The van der Waals surface area contributed by atoms with E-state index in [2.05, 4.69) is 0 Å². The van der Waals surface area contributed by atoms with Gasteiger partial charge in [-0.3, -0.25) is 4.90 Å². The Labute approximate surface area is 92.8 Å². The van der Waals surface area contributed by atoms with Gasteiger partial charge in [0.05, 0.1) is 5.69 Å². The molecule has 2 rings (SSSR count). The number of phenols is 1. The minimum absolute atomic E-state index is 0.0721. The van der Waals surface area contributed by atoms with Gasteiger partial charge in [0, 0.05) is 20.2 Å². The van der Waals surface area contributed by atoms with Gasteiger partial charge in [-0.15, -0.1) is 0 Å². The van der Waals surface area contributed by atoms with E-state index in [-0.39, 0.29) is 16.3 Å². The number of carbonyl (C=O) groups excluding carboxylic acids is 1. The van der Waals surface area contributed by atoms with Gasteiger partial charge in [0.15, 0.2) is 0 Å². The van der Waals surface area contributed by atoms with E-state index >= 15 is 0 Å². The monoisotopic (exact) mass is 242 g/mol. The summed E-state index contributed by atoms with van der Waals surface area (Å²) in [5, 5.41) is 9.27. The van der Waals surface area contributed by atoms with Crippen LogP contribution >= 0.6 is 0 Å². The fourth-order valence-corrected chi connectivity index (χ4v) is 2.91. The number of fused-ring (bicyclic) bond motifs is 1. The van der Waals surface area contributed by atoms with Gasteiger partial charge in [0.1, 0.15) is 10.6 Å². The summed E-state index contributed by atoms with van der Waals surface area (Å²) in [6.45, 7) is 0. The standard InChI is InChI=1S/C9H10N2O4S/c1-10-7-4-3-6(12)5-8(7)16(14,15)11(2)9(10)13/h3-5,12H,1-2H3. The molecule has 0 radical (unpaired) electrons. The summed E-state index contributed by atoms with van der Waals surface area (Å²) in [5.41, 5.74) is 0.265. The molecule has 7 heteroatoms. The summed E-state index contributed by atoms with van der Waals surface area (Å²) in [6.07, 6.45) is 0. The molecule has 2 amide bonds. The molecule has 1 aliphatic heterocycles. The quantitative estimate of drug-likeness (QED) is 0.722. The lowest BCUT2D eigenvalue weighted by Crippen LogP contribution is -2.46. The largest absolute Gasteiger partial charge is 0.508 e. The number of benzene rings is 1. The van der Waals surface area contributed by atoms with Crippen molar-refractivity contribution in [2.24, 2.45) is 0 Å². The average Bonchev–Trinajstić information content (AvgIpc) is 2.24. The summed E-state index contributed by atoms with van der Waals surface area (Å²) < 4.78 is 24.4. The molecule has 0 saturated heterocycles. The van der Waals surface area contributed by atoms with Crippen LogP contribution in [0.3, 0.4) is 0 Å². The molecule has 16 heavy (non-hydrogen) atoms. The van der Waals surface area contributed by atoms with Crippen molar-refractivity contribution in [3.8, 4) is 5.75 Å². The molecule has 0 spiro atoms. The summed E-state index contributed by atoms with van der Waals surface area (Å²) in [4.78, 5) is 12.7. The van der Waals surface area contributed by atoms with Crippen LogP contribution in [-0.2, 0) is 10.0 Å². The van der Waals surface area contributed by atoms with E-state index in [1.807, 2.05) is 0 Å². The van der Waals surface area contributed by atoms with Crippen molar-refractivity contribution in [3.63, 3.8) is 0 Å². The van der Waals surface area contributed by atoms with E-state index in [4.69, 9.17) is 0 Å². The van der Waals surface area contributed by atoms with E-state index in [9.17, 15) is 18.3 Å². The Kier molecular flexibility index (Phi) is 2.09. The van der Waals surface area contributed by atoms with Gasteiger partial charge >= 0.3 is 6.03 Å². The van der Waals surface area contributed by atoms with Crippen LogP contribution in [0.4, 0.5) is 10.5 Å². The van der Waals surface area contributed by atoms with E-state index < -0.39 is 16.1 Å². The molecule has 0 aromatic heterocycles. The Morgan fingerprint density at radius 1 is 1.25 bits per heavy atom. The molecule has 1 aromatic rings. The lowest BCUT2D eigenvalue weighted by Gasteiger charge is -2.31.